The van der Waals surface area contributed by atoms with Crippen LogP contribution in [0.25, 0.3) is 67.5 Å². The van der Waals surface area contributed by atoms with Gasteiger partial charge in [-0.15, -0.1) is 0 Å². The number of hydrogen-bond donors (Lipinski definition) is 0. The minimum absolute atomic E-state index is 0.641. The Hall–Kier alpha value is -5.67. The number of hydrogen-bond acceptors (Lipinski definition) is 3. The van der Waals surface area contributed by atoms with Gasteiger partial charge in [-0.25, -0.2) is 15.0 Å². The maximum Gasteiger partial charge on any atom is 0.164 e. The topological polar surface area (TPSA) is 38.7 Å². The zero-order valence-electron chi connectivity index (χ0n) is 22.9. The first-order valence-corrected chi connectivity index (χ1v) is 14.0. The van der Waals surface area contributed by atoms with Gasteiger partial charge in [-0.05, 0) is 51.6 Å². The van der Waals surface area contributed by atoms with E-state index in [-0.39, 0.29) is 0 Å². The molecule has 3 nitrogen and oxygen atoms in total. The standard InChI is InChI=1S/C39H27N3/c1-5-13-28(14-6-1)30-21-23-31(24-22-30)35-25-34(29-15-7-2-8-16-29)26-36(27-35)39-41-37(32-17-9-3-10-18-32)40-38(42-39)33-19-11-4-12-20-33/h1-27H. The van der Waals surface area contributed by atoms with Crippen LogP contribution >= 0.6 is 0 Å². The average Bonchev–Trinajstić information content (AvgIpc) is 3.09. The molecular formula is C39H27N3. The summed E-state index contributed by atoms with van der Waals surface area (Å²) in [6.45, 7) is 0. The Morgan fingerprint density at radius 2 is 0.476 bits per heavy atom. The third-order valence-electron chi connectivity index (χ3n) is 7.32. The van der Waals surface area contributed by atoms with Gasteiger partial charge in [0, 0.05) is 16.7 Å². The van der Waals surface area contributed by atoms with Crippen molar-refractivity contribution in [3.8, 4) is 67.5 Å². The first-order valence-electron chi connectivity index (χ1n) is 14.0. The van der Waals surface area contributed by atoms with Crippen molar-refractivity contribution in [2.24, 2.45) is 0 Å². The molecule has 0 radical (unpaired) electrons. The molecule has 198 valence electrons. The highest BCUT2D eigenvalue weighted by Crippen LogP contribution is 2.34. The molecular weight excluding hydrogens is 510 g/mol. The molecule has 42 heavy (non-hydrogen) atoms. The molecule has 3 heteroatoms. The summed E-state index contributed by atoms with van der Waals surface area (Å²) in [5, 5.41) is 0. The Morgan fingerprint density at radius 3 is 0.881 bits per heavy atom. The molecule has 0 unspecified atom stereocenters. The highest BCUT2D eigenvalue weighted by molar-refractivity contribution is 5.81. The lowest BCUT2D eigenvalue weighted by atomic mass is 9.94. The van der Waals surface area contributed by atoms with E-state index in [1.54, 1.807) is 0 Å². The van der Waals surface area contributed by atoms with Crippen molar-refractivity contribution < 1.29 is 0 Å². The zero-order valence-corrected chi connectivity index (χ0v) is 22.9. The molecule has 0 aliphatic heterocycles. The van der Waals surface area contributed by atoms with E-state index in [1.807, 2.05) is 72.8 Å². The van der Waals surface area contributed by atoms with Crippen LogP contribution in [0.5, 0.6) is 0 Å². The second-order valence-corrected chi connectivity index (χ2v) is 10.1. The van der Waals surface area contributed by atoms with Gasteiger partial charge in [0.15, 0.2) is 17.5 Å². The Bertz CT molecular complexity index is 1880. The van der Waals surface area contributed by atoms with E-state index >= 15 is 0 Å². The maximum absolute atomic E-state index is 5.00. The highest BCUT2D eigenvalue weighted by Gasteiger charge is 2.15. The Labute approximate surface area is 245 Å². The monoisotopic (exact) mass is 537 g/mol. The summed E-state index contributed by atoms with van der Waals surface area (Å²) < 4.78 is 0. The lowest BCUT2D eigenvalue weighted by molar-refractivity contribution is 1.07. The highest BCUT2D eigenvalue weighted by atomic mass is 15.0. The second kappa shape index (κ2) is 11.4. The molecule has 0 N–H and O–H groups in total. The predicted octanol–water partition coefficient (Wildman–Crippen LogP) is 9.87. The molecule has 0 aliphatic carbocycles. The van der Waals surface area contributed by atoms with Gasteiger partial charge in [0.1, 0.15) is 0 Å². The molecule has 0 saturated carbocycles. The Kier molecular flexibility index (Phi) is 6.89. The van der Waals surface area contributed by atoms with Crippen LogP contribution in [0.1, 0.15) is 0 Å². The van der Waals surface area contributed by atoms with Gasteiger partial charge in [0.2, 0.25) is 0 Å². The zero-order chi connectivity index (χ0) is 28.1. The first kappa shape index (κ1) is 25.3. The third-order valence-corrected chi connectivity index (χ3v) is 7.32. The van der Waals surface area contributed by atoms with E-state index in [4.69, 9.17) is 15.0 Å². The van der Waals surface area contributed by atoms with E-state index < -0.39 is 0 Å². The molecule has 6 aromatic carbocycles. The predicted molar refractivity (Wildman–Crippen MR) is 172 cm³/mol. The van der Waals surface area contributed by atoms with Crippen molar-refractivity contribution in [2.75, 3.05) is 0 Å². The van der Waals surface area contributed by atoms with Crippen LogP contribution in [0.4, 0.5) is 0 Å². The summed E-state index contributed by atoms with van der Waals surface area (Å²) >= 11 is 0. The van der Waals surface area contributed by atoms with Crippen LogP contribution in [0.2, 0.25) is 0 Å². The fourth-order valence-corrected chi connectivity index (χ4v) is 5.14. The number of aromatic nitrogens is 3. The fourth-order valence-electron chi connectivity index (χ4n) is 5.14. The maximum atomic E-state index is 5.00. The van der Waals surface area contributed by atoms with Gasteiger partial charge in [-0.1, -0.05) is 146 Å². The smallest absolute Gasteiger partial charge is 0.164 e. The molecule has 0 atom stereocenters. The number of nitrogens with zero attached hydrogens (tertiary/aromatic N) is 3. The van der Waals surface area contributed by atoms with Crippen LogP contribution in [0.15, 0.2) is 164 Å². The van der Waals surface area contributed by atoms with Crippen molar-refractivity contribution in [3.05, 3.63) is 164 Å². The molecule has 0 aliphatic rings. The summed E-state index contributed by atoms with van der Waals surface area (Å²) in [5.41, 5.74) is 9.73. The Morgan fingerprint density at radius 1 is 0.214 bits per heavy atom. The minimum Gasteiger partial charge on any atom is -0.208 e. The molecule has 1 heterocycles. The molecule has 0 spiro atoms. The van der Waals surface area contributed by atoms with E-state index in [1.165, 1.54) is 11.1 Å². The molecule has 0 saturated heterocycles. The number of benzene rings is 6. The molecule has 0 bridgehead atoms. The summed E-state index contributed by atoms with van der Waals surface area (Å²) in [7, 11) is 0. The Balaban J connectivity index is 1.39. The van der Waals surface area contributed by atoms with Gasteiger partial charge < -0.3 is 0 Å². The average molecular weight is 538 g/mol. The van der Waals surface area contributed by atoms with E-state index in [0.29, 0.717) is 17.5 Å². The minimum atomic E-state index is 0.641. The first-order chi connectivity index (χ1) is 20.8. The summed E-state index contributed by atoms with van der Waals surface area (Å²) in [6.07, 6.45) is 0. The molecule has 7 rings (SSSR count). The molecule has 7 aromatic rings. The van der Waals surface area contributed by atoms with Crippen molar-refractivity contribution in [1.29, 1.82) is 0 Å². The van der Waals surface area contributed by atoms with Crippen LogP contribution in [0.3, 0.4) is 0 Å². The normalized spacial score (nSPS) is 10.9. The fraction of sp³-hybridized carbons (Fsp3) is 0. The van der Waals surface area contributed by atoms with Gasteiger partial charge >= 0.3 is 0 Å². The van der Waals surface area contributed by atoms with Crippen molar-refractivity contribution >= 4 is 0 Å². The van der Waals surface area contributed by atoms with Gasteiger partial charge in [0.25, 0.3) is 0 Å². The van der Waals surface area contributed by atoms with Crippen molar-refractivity contribution in [1.82, 2.24) is 15.0 Å². The number of rotatable bonds is 6. The van der Waals surface area contributed by atoms with Crippen LogP contribution < -0.4 is 0 Å². The van der Waals surface area contributed by atoms with Crippen LogP contribution in [0, 0.1) is 0 Å². The molecule has 0 amide bonds. The summed E-state index contributed by atoms with van der Waals surface area (Å²) in [6, 6.07) is 56.4. The molecule has 0 fully saturated rings. The van der Waals surface area contributed by atoms with Crippen molar-refractivity contribution in [2.45, 2.75) is 0 Å². The van der Waals surface area contributed by atoms with Crippen LogP contribution in [-0.4, -0.2) is 15.0 Å². The van der Waals surface area contributed by atoms with E-state index in [2.05, 4.69) is 91.0 Å². The summed E-state index contributed by atoms with van der Waals surface area (Å²) in [4.78, 5) is 14.9. The van der Waals surface area contributed by atoms with E-state index in [0.717, 1.165) is 38.9 Å². The lowest BCUT2D eigenvalue weighted by Crippen LogP contribution is -2.00. The second-order valence-electron chi connectivity index (χ2n) is 10.1. The van der Waals surface area contributed by atoms with Crippen molar-refractivity contribution in [3.63, 3.8) is 0 Å². The SMILES string of the molecule is c1ccc(-c2ccc(-c3cc(-c4ccccc4)cc(-c4nc(-c5ccccc5)nc(-c5ccccc5)n4)c3)cc2)cc1. The van der Waals surface area contributed by atoms with Gasteiger partial charge in [0.05, 0.1) is 0 Å². The molecule has 1 aromatic heterocycles. The van der Waals surface area contributed by atoms with Crippen LogP contribution in [-0.2, 0) is 0 Å². The third kappa shape index (κ3) is 5.36. The lowest BCUT2D eigenvalue weighted by Gasteiger charge is -2.13. The summed E-state index contributed by atoms with van der Waals surface area (Å²) in [5.74, 6) is 1.94. The van der Waals surface area contributed by atoms with E-state index in [9.17, 15) is 0 Å². The largest absolute Gasteiger partial charge is 0.208 e. The van der Waals surface area contributed by atoms with Gasteiger partial charge in [-0.3, -0.25) is 0 Å². The van der Waals surface area contributed by atoms with Gasteiger partial charge in [-0.2, -0.15) is 0 Å². The quantitative estimate of drug-likeness (QED) is 0.212.